The number of aldehydes is 1. The molecule has 0 fully saturated rings. The number of ether oxygens (including phenoxy) is 1. The Morgan fingerprint density at radius 1 is 1.40 bits per heavy atom. The molecule has 15 heavy (non-hydrogen) atoms. The Bertz CT molecular complexity index is 248. The first kappa shape index (κ1) is 13.6. The number of hydrogen-bond donors (Lipinski definition) is 1. The number of carbonyl (C=O) groups is 3. The van der Waals surface area contributed by atoms with Crippen LogP contribution in [0, 0.1) is 0 Å². The first-order valence-electron chi connectivity index (χ1n) is 4.81. The Morgan fingerprint density at radius 3 is 2.47 bits per heavy atom. The zero-order valence-electron chi connectivity index (χ0n) is 9.33. The van der Waals surface area contributed by atoms with Gasteiger partial charge in [-0.1, -0.05) is 0 Å². The summed E-state index contributed by atoms with van der Waals surface area (Å²) in [4.78, 5) is 32.5. The van der Waals surface area contributed by atoms with Crippen LogP contribution in [0.4, 0.5) is 0 Å². The van der Waals surface area contributed by atoms with Crippen LogP contribution in [0.5, 0.6) is 0 Å². The molecule has 0 heterocycles. The highest BCUT2D eigenvalue weighted by molar-refractivity contribution is 5.94. The van der Waals surface area contributed by atoms with E-state index in [1.54, 1.807) is 20.8 Å². The van der Waals surface area contributed by atoms with Crippen LogP contribution in [0.3, 0.4) is 0 Å². The first-order valence-corrected chi connectivity index (χ1v) is 4.81. The number of carbonyl (C=O) groups excluding carboxylic acids is 3. The summed E-state index contributed by atoms with van der Waals surface area (Å²) in [5.41, 5.74) is -0.620. The van der Waals surface area contributed by atoms with Crippen molar-refractivity contribution in [1.82, 2.24) is 5.32 Å². The molecule has 1 N–H and O–H groups in total. The van der Waals surface area contributed by atoms with Crippen LogP contribution in [0.15, 0.2) is 0 Å². The molecular formula is C10H17NO4. The Morgan fingerprint density at radius 2 is 2.00 bits per heavy atom. The maximum absolute atomic E-state index is 11.3. The van der Waals surface area contributed by atoms with Gasteiger partial charge in [-0.05, 0) is 20.8 Å². The van der Waals surface area contributed by atoms with Gasteiger partial charge in [-0.25, -0.2) is 0 Å². The zero-order valence-corrected chi connectivity index (χ0v) is 9.33. The molecule has 0 atom stereocenters. The molecule has 5 nitrogen and oxygen atoms in total. The van der Waals surface area contributed by atoms with Gasteiger partial charge in [0.2, 0.25) is 5.91 Å². The van der Waals surface area contributed by atoms with Gasteiger partial charge in [-0.15, -0.1) is 0 Å². The summed E-state index contributed by atoms with van der Waals surface area (Å²) in [7, 11) is 0. The molecule has 0 aromatic rings. The monoisotopic (exact) mass is 215 g/mol. The van der Waals surface area contributed by atoms with Gasteiger partial charge < -0.3 is 14.8 Å². The van der Waals surface area contributed by atoms with Gasteiger partial charge in [0.05, 0.1) is 6.61 Å². The lowest BCUT2D eigenvalue weighted by Gasteiger charge is -2.23. The highest BCUT2D eigenvalue weighted by Gasteiger charge is 2.21. The van der Waals surface area contributed by atoms with Crippen LogP contribution in [0.2, 0.25) is 0 Å². The minimum Gasteiger partial charge on any atom is -0.466 e. The van der Waals surface area contributed by atoms with Crippen LogP contribution < -0.4 is 5.32 Å². The number of rotatable bonds is 6. The van der Waals surface area contributed by atoms with Gasteiger partial charge in [0.15, 0.2) is 0 Å². The van der Waals surface area contributed by atoms with Crippen molar-refractivity contribution >= 4 is 18.2 Å². The van der Waals surface area contributed by atoms with Crippen LogP contribution in [-0.4, -0.2) is 30.3 Å². The predicted molar refractivity (Wildman–Crippen MR) is 54.2 cm³/mol. The summed E-state index contributed by atoms with van der Waals surface area (Å²) >= 11 is 0. The molecule has 0 aliphatic rings. The van der Waals surface area contributed by atoms with Gasteiger partial charge in [-0.3, -0.25) is 9.59 Å². The van der Waals surface area contributed by atoms with Crippen LogP contribution >= 0.6 is 0 Å². The summed E-state index contributed by atoms with van der Waals surface area (Å²) in [6.07, 6.45) is 0.627. The maximum Gasteiger partial charge on any atom is 0.315 e. The summed E-state index contributed by atoms with van der Waals surface area (Å²) in [6, 6.07) is 0. The van der Waals surface area contributed by atoms with E-state index in [2.05, 4.69) is 10.1 Å². The topological polar surface area (TPSA) is 72.5 Å². The minimum absolute atomic E-state index is 0.210. The largest absolute Gasteiger partial charge is 0.466 e. The fourth-order valence-electron chi connectivity index (χ4n) is 1.02. The molecule has 0 saturated carbocycles. The van der Waals surface area contributed by atoms with Crippen molar-refractivity contribution in [2.75, 3.05) is 6.61 Å². The zero-order chi connectivity index (χ0) is 11.9. The number of hydrogen-bond acceptors (Lipinski definition) is 4. The average Bonchev–Trinajstić information content (AvgIpc) is 2.01. The van der Waals surface area contributed by atoms with Crippen molar-refractivity contribution in [3.8, 4) is 0 Å². The normalized spacial score (nSPS) is 10.6. The molecule has 0 unspecified atom stereocenters. The van der Waals surface area contributed by atoms with Crippen molar-refractivity contribution in [2.24, 2.45) is 0 Å². The van der Waals surface area contributed by atoms with E-state index in [4.69, 9.17) is 0 Å². The van der Waals surface area contributed by atoms with Gasteiger partial charge >= 0.3 is 5.97 Å². The molecule has 0 aliphatic heterocycles. The highest BCUT2D eigenvalue weighted by atomic mass is 16.5. The van der Waals surface area contributed by atoms with E-state index in [1.165, 1.54) is 0 Å². The fourth-order valence-corrected chi connectivity index (χ4v) is 1.02. The van der Waals surface area contributed by atoms with E-state index in [9.17, 15) is 14.4 Å². The summed E-state index contributed by atoms with van der Waals surface area (Å²) in [5.74, 6) is -0.989. The molecule has 1 amide bonds. The standard InChI is InChI=1S/C10H17NO4/c1-4-15-9(14)7-8(13)11-10(2,3)5-6-12/h6H,4-5,7H2,1-3H3,(H,11,13). The molecule has 0 saturated heterocycles. The Kier molecular flexibility index (Phi) is 5.59. The maximum atomic E-state index is 11.3. The van der Waals surface area contributed by atoms with Crippen LogP contribution in [-0.2, 0) is 19.1 Å². The number of nitrogens with one attached hydrogen (secondary N) is 1. The van der Waals surface area contributed by atoms with Crippen molar-refractivity contribution in [1.29, 1.82) is 0 Å². The first-order chi connectivity index (χ1) is 6.91. The number of esters is 1. The van der Waals surface area contributed by atoms with Crippen molar-refractivity contribution in [2.45, 2.75) is 39.2 Å². The summed E-state index contributed by atoms with van der Waals surface area (Å²) in [6.45, 7) is 5.35. The van der Waals surface area contributed by atoms with Crippen molar-refractivity contribution < 1.29 is 19.1 Å². The molecule has 0 spiro atoms. The van der Waals surface area contributed by atoms with E-state index in [1.807, 2.05) is 0 Å². The fraction of sp³-hybridized carbons (Fsp3) is 0.700. The molecular weight excluding hydrogens is 198 g/mol. The van der Waals surface area contributed by atoms with E-state index < -0.39 is 17.4 Å². The van der Waals surface area contributed by atoms with Crippen LogP contribution in [0.25, 0.3) is 0 Å². The Hall–Kier alpha value is -1.39. The average molecular weight is 215 g/mol. The summed E-state index contributed by atoms with van der Waals surface area (Å²) < 4.78 is 4.62. The molecule has 0 aromatic heterocycles. The predicted octanol–water partition coefficient (Wildman–Crippen LogP) is 0.423. The third kappa shape index (κ3) is 6.65. The molecule has 0 aromatic carbocycles. The van der Waals surface area contributed by atoms with Crippen LogP contribution in [0.1, 0.15) is 33.6 Å². The molecule has 86 valence electrons. The second kappa shape index (κ2) is 6.16. The Balaban J connectivity index is 4.02. The smallest absolute Gasteiger partial charge is 0.315 e. The third-order valence-electron chi connectivity index (χ3n) is 1.68. The van der Waals surface area contributed by atoms with E-state index in [-0.39, 0.29) is 19.4 Å². The lowest BCUT2D eigenvalue weighted by Crippen LogP contribution is -2.44. The molecule has 0 aliphatic carbocycles. The van der Waals surface area contributed by atoms with Gasteiger partial charge in [0.1, 0.15) is 12.7 Å². The van der Waals surface area contributed by atoms with Gasteiger partial charge in [0, 0.05) is 12.0 Å². The second-order valence-corrected chi connectivity index (χ2v) is 3.78. The highest BCUT2D eigenvalue weighted by Crippen LogP contribution is 2.06. The van der Waals surface area contributed by atoms with E-state index in [0.717, 1.165) is 6.29 Å². The third-order valence-corrected chi connectivity index (χ3v) is 1.68. The SMILES string of the molecule is CCOC(=O)CC(=O)NC(C)(C)CC=O. The molecule has 0 bridgehead atoms. The van der Waals surface area contributed by atoms with Crippen molar-refractivity contribution in [3.63, 3.8) is 0 Å². The lowest BCUT2D eigenvalue weighted by atomic mass is 10.0. The summed E-state index contributed by atoms with van der Waals surface area (Å²) in [5, 5.41) is 2.58. The van der Waals surface area contributed by atoms with Gasteiger partial charge in [-0.2, -0.15) is 0 Å². The quantitative estimate of drug-likeness (QED) is 0.396. The number of amides is 1. The van der Waals surface area contributed by atoms with Gasteiger partial charge in [0.25, 0.3) is 0 Å². The minimum atomic E-state index is -0.620. The van der Waals surface area contributed by atoms with E-state index in [0.29, 0.717) is 0 Å². The van der Waals surface area contributed by atoms with E-state index >= 15 is 0 Å². The second-order valence-electron chi connectivity index (χ2n) is 3.78. The molecule has 0 radical (unpaired) electrons. The Labute approximate surface area is 89.2 Å². The molecule has 5 heteroatoms. The molecule has 0 rings (SSSR count). The van der Waals surface area contributed by atoms with Crippen molar-refractivity contribution in [3.05, 3.63) is 0 Å². The lowest BCUT2D eigenvalue weighted by molar-refractivity contribution is -0.146.